The molecule has 0 saturated carbocycles. The molecule has 1 rings (SSSR count). The highest BCUT2D eigenvalue weighted by molar-refractivity contribution is 7.18. The van der Waals surface area contributed by atoms with Gasteiger partial charge in [-0.2, -0.15) is 0 Å². The van der Waals surface area contributed by atoms with E-state index in [0.29, 0.717) is 36.3 Å². The van der Waals surface area contributed by atoms with Gasteiger partial charge in [0.05, 0.1) is 19.3 Å². The maximum Gasteiger partial charge on any atom is 0.268 e. The fraction of sp³-hybridized carbons (Fsp3) is 0.692. The van der Waals surface area contributed by atoms with Crippen LogP contribution >= 0.6 is 11.3 Å². The van der Waals surface area contributed by atoms with Gasteiger partial charge in [-0.1, -0.05) is 11.3 Å². The molecule has 1 atom stereocenters. The number of anilines is 2. The van der Waals surface area contributed by atoms with Crippen molar-refractivity contribution >= 4 is 28.2 Å². The largest absolute Gasteiger partial charge is 0.383 e. The second-order valence-corrected chi connectivity index (χ2v) is 5.55. The molecule has 3 N–H and O–H groups in total. The van der Waals surface area contributed by atoms with E-state index in [1.165, 1.54) is 11.3 Å². The lowest BCUT2D eigenvalue weighted by Gasteiger charge is -2.27. The molecule has 1 unspecified atom stereocenters. The average Bonchev–Trinajstić information content (AvgIpc) is 2.81. The van der Waals surface area contributed by atoms with Gasteiger partial charge in [-0.15, -0.1) is 0 Å². The van der Waals surface area contributed by atoms with Gasteiger partial charge in [0.25, 0.3) is 5.91 Å². The molecule has 7 nitrogen and oxygen atoms in total. The number of aromatic nitrogens is 1. The van der Waals surface area contributed by atoms with Gasteiger partial charge in [-0.3, -0.25) is 4.79 Å². The van der Waals surface area contributed by atoms with E-state index in [1.807, 2.05) is 13.8 Å². The monoisotopic (exact) mass is 316 g/mol. The molecular formula is C13H24N4O3S. The highest BCUT2D eigenvalue weighted by Crippen LogP contribution is 2.26. The van der Waals surface area contributed by atoms with Crippen molar-refractivity contribution in [3.05, 3.63) is 4.88 Å². The summed E-state index contributed by atoms with van der Waals surface area (Å²) in [4.78, 5) is 18.9. The van der Waals surface area contributed by atoms with Gasteiger partial charge < -0.3 is 25.4 Å². The number of hydrogen-bond donors (Lipinski definition) is 2. The van der Waals surface area contributed by atoms with Crippen molar-refractivity contribution < 1.29 is 14.3 Å². The minimum absolute atomic E-state index is 0.0149. The van der Waals surface area contributed by atoms with E-state index >= 15 is 0 Å². The molecule has 120 valence electrons. The minimum Gasteiger partial charge on any atom is -0.383 e. The van der Waals surface area contributed by atoms with Crippen LogP contribution in [0.1, 0.15) is 23.5 Å². The fourth-order valence-electron chi connectivity index (χ4n) is 1.94. The third-order valence-electron chi connectivity index (χ3n) is 2.97. The molecule has 0 spiro atoms. The number of ether oxygens (including phenoxy) is 2. The van der Waals surface area contributed by atoms with E-state index in [9.17, 15) is 4.79 Å². The van der Waals surface area contributed by atoms with Gasteiger partial charge in [-0.05, 0) is 13.8 Å². The number of carbonyl (C=O) groups is 1. The number of hydrogen-bond acceptors (Lipinski definition) is 7. The van der Waals surface area contributed by atoms with E-state index in [0.717, 1.165) is 0 Å². The van der Waals surface area contributed by atoms with Crippen LogP contribution in [-0.4, -0.2) is 62.4 Å². The lowest BCUT2D eigenvalue weighted by molar-refractivity contribution is 0.0584. The number of thiazole rings is 1. The smallest absolute Gasteiger partial charge is 0.268 e. The highest BCUT2D eigenvalue weighted by Gasteiger charge is 2.24. The number of rotatable bonds is 9. The van der Waals surface area contributed by atoms with E-state index < -0.39 is 0 Å². The molecular weight excluding hydrogens is 292 g/mol. The molecule has 0 saturated heterocycles. The molecule has 1 amide bonds. The standard InChI is InChI=1S/C13H24N4O3S/c1-5-17(9(2)8-20-4)12(18)10-11(14)16-13(21-10)15-6-7-19-3/h9H,5-8,14H2,1-4H3,(H,15,16). The molecule has 21 heavy (non-hydrogen) atoms. The maximum atomic E-state index is 12.6. The van der Waals surface area contributed by atoms with Gasteiger partial charge >= 0.3 is 0 Å². The molecule has 1 aromatic heterocycles. The summed E-state index contributed by atoms with van der Waals surface area (Å²) < 4.78 is 10.1. The second-order valence-electron chi connectivity index (χ2n) is 4.55. The summed E-state index contributed by atoms with van der Waals surface area (Å²) in [6.07, 6.45) is 0. The Bertz CT molecular complexity index is 453. The molecule has 0 aromatic carbocycles. The number of nitrogens with two attached hydrogens (primary N) is 1. The van der Waals surface area contributed by atoms with Crippen LogP contribution in [-0.2, 0) is 9.47 Å². The molecule has 0 aliphatic heterocycles. The Morgan fingerprint density at radius 3 is 2.76 bits per heavy atom. The lowest BCUT2D eigenvalue weighted by atomic mass is 10.2. The van der Waals surface area contributed by atoms with Crippen LogP contribution in [0, 0.1) is 0 Å². The molecule has 0 aliphatic carbocycles. The molecule has 0 aliphatic rings. The fourth-order valence-corrected chi connectivity index (χ4v) is 2.80. The van der Waals surface area contributed by atoms with Crippen LogP contribution in [0.3, 0.4) is 0 Å². The highest BCUT2D eigenvalue weighted by atomic mass is 32.1. The Kier molecular flexibility index (Phi) is 7.41. The van der Waals surface area contributed by atoms with Crippen molar-refractivity contribution in [2.75, 3.05) is 51.6 Å². The Balaban J connectivity index is 2.80. The van der Waals surface area contributed by atoms with Crippen molar-refractivity contribution in [3.8, 4) is 0 Å². The SMILES string of the molecule is CCN(C(=O)c1sc(NCCOC)nc1N)C(C)COC. The predicted octanol–water partition coefficient (Wildman–Crippen LogP) is 1.28. The summed E-state index contributed by atoms with van der Waals surface area (Å²) in [6, 6.07) is -0.0149. The Labute approximate surface area is 129 Å². The number of nitrogens with zero attached hydrogens (tertiary/aromatic N) is 2. The Hall–Kier alpha value is -1.38. The number of nitrogens with one attached hydrogen (secondary N) is 1. The normalized spacial score (nSPS) is 12.2. The van der Waals surface area contributed by atoms with Crippen LogP contribution in [0.5, 0.6) is 0 Å². The van der Waals surface area contributed by atoms with Crippen molar-refractivity contribution in [2.45, 2.75) is 19.9 Å². The number of methoxy groups -OCH3 is 2. The van der Waals surface area contributed by atoms with Crippen LogP contribution in [0.15, 0.2) is 0 Å². The van der Waals surface area contributed by atoms with Crippen molar-refractivity contribution in [3.63, 3.8) is 0 Å². The Morgan fingerprint density at radius 2 is 2.19 bits per heavy atom. The van der Waals surface area contributed by atoms with Crippen molar-refractivity contribution in [1.82, 2.24) is 9.88 Å². The van der Waals surface area contributed by atoms with Crippen molar-refractivity contribution in [2.24, 2.45) is 0 Å². The van der Waals surface area contributed by atoms with Crippen molar-refractivity contribution in [1.29, 1.82) is 0 Å². The third-order valence-corrected chi connectivity index (χ3v) is 3.99. The van der Waals surface area contributed by atoms with Gasteiger partial charge in [0, 0.05) is 27.3 Å². The van der Waals surface area contributed by atoms with Crippen LogP contribution in [0.2, 0.25) is 0 Å². The summed E-state index contributed by atoms with van der Waals surface area (Å²) >= 11 is 1.26. The average molecular weight is 316 g/mol. The molecule has 1 heterocycles. The first-order chi connectivity index (χ1) is 10.0. The number of nitrogen functional groups attached to an aromatic ring is 1. The van der Waals surface area contributed by atoms with Gasteiger partial charge in [0.2, 0.25) is 0 Å². The van der Waals surface area contributed by atoms with Gasteiger partial charge in [0.1, 0.15) is 10.7 Å². The van der Waals surface area contributed by atoms with Crippen LogP contribution in [0.25, 0.3) is 0 Å². The van der Waals surface area contributed by atoms with Crippen LogP contribution in [0.4, 0.5) is 10.9 Å². The minimum atomic E-state index is -0.114. The van der Waals surface area contributed by atoms with Crippen LogP contribution < -0.4 is 11.1 Å². The summed E-state index contributed by atoms with van der Waals surface area (Å²) in [7, 11) is 3.25. The second kappa shape index (κ2) is 8.81. The summed E-state index contributed by atoms with van der Waals surface area (Å²) in [5.41, 5.74) is 5.86. The maximum absolute atomic E-state index is 12.6. The zero-order valence-electron chi connectivity index (χ0n) is 13.0. The first kappa shape index (κ1) is 17.7. The van der Waals surface area contributed by atoms with Gasteiger partial charge in [-0.25, -0.2) is 4.98 Å². The van der Waals surface area contributed by atoms with E-state index in [1.54, 1.807) is 19.1 Å². The summed E-state index contributed by atoms with van der Waals surface area (Å²) in [5, 5.41) is 3.71. The first-order valence-electron chi connectivity index (χ1n) is 6.84. The number of amides is 1. The third kappa shape index (κ3) is 4.83. The zero-order chi connectivity index (χ0) is 15.8. The van der Waals surface area contributed by atoms with E-state index in [-0.39, 0.29) is 17.8 Å². The summed E-state index contributed by atoms with van der Waals surface area (Å²) in [6.45, 7) is 6.13. The predicted molar refractivity (Wildman–Crippen MR) is 84.9 cm³/mol. The molecule has 0 fully saturated rings. The quantitative estimate of drug-likeness (QED) is 0.667. The number of carbonyl (C=O) groups excluding carboxylic acids is 1. The zero-order valence-corrected chi connectivity index (χ0v) is 13.8. The van der Waals surface area contributed by atoms with Gasteiger partial charge in [0.15, 0.2) is 5.13 Å². The van der Waals surface area contributed by atoms with E-state index in [4.69, 9.17) is 15.2 Å². The molecule has 0 radical (unpaired) electrons. The Morgan fingerprint density at radius 1 is 1.48 bits per heavy atom. The van der Waals surface area contributed by atoms with E-state index in [2.05, 4.69) is 10.3 Å². The lowest BCUT2D eigenvalue weighted by Crippen LogP contribution is -2.40. The molecule has 1 aromatic rings. The molecule has 0 bridgehead atoms. The first-order valence-corrected chi connectivity index (χ1v) is 7.65. The summed E-state index contributed by atoms with van der Waals surface area (Å²) in [5.74, 6) is 0.143. The number of likely N-dealkylation sites (N-methyl/N-ethyl adjacent to an activating group) is 1. The topological polar surface area (TPSA) is 89.7 Å². The molecule has 8 heteroatoms.